The number of esters is 2. The fourth-order valence-corrected chi connectivity index (χ4v) is 3.80. The number of hydrogen-bond donors (Lipinski definition) is 1. The minimum absolute atomic E-state index is 0.149. The fraction of sp³-hybridized carbons (Fsp3) is 0.429. The van der Waals surface area contributed by atoms with Gasteiger partial charge in [-0.3, -0.25) is 14.4 Å². The quantitative estimate of drug-likeness (QED) is 0.542. The Hall–Kier alpha value is -3.15. The van der Waals surface area contributed by atoms with E-state index in [9.17, 15) is 32.3 Å². The first-order valence-electron chi connectivity index (χ1n) is 9.93. The Bertz CT molecular complexity index is 1070. The maximum Gasteiger partial charge on any atom is 0.417 e. The molecule has 0 radical (unpaired) electrons. The first kappa shape index (κ1) is 26.1. The average molecular weight is 488 g/mol. The third-order valence-electron chi connectivity index (χ3n) is 4.20. The molecule has 0 bridgehead atoms. The van der Waals surface area contributed by atoms with Crippen LogP contribution in [0.3, 0.4) is 0 Å². The second kappa shape index (κ2) is 11.1. The summed E-state index contributed by atoms with van der Waals surface area (Å²) in [7, 11) is 0. The van der Waals surface area contributed by atoms with Crippen LogP contribution in [0.15, 0.2) is 28.5 Å². The van der Waals surface area contributed by atoms with Gasteiger partial charge in [0, 0.05) is 12.3 Å². The Morgan fingerprint density at radius 2 is 1.88 bits per heavy atom. The number of aromatic nitrogens is 1. The van der Waals surface area contributed by atoms with Gasteiger partial charge in [0.2, 0.25) is 0 Å². The zero-order valence-electron chi connectivity index (χ0n) is 18.2. The molecule has 0 fully saturated rings. The molecule has 180 valence electrons. The average Bonchev–Trinajstić information content (AvgIpc) is 3.08. The summed E-state index contributed by atoms with van der Waals surface area (Å²) in [5.41, 5.74) is -0.996. The highest BCUT2D eigenvalue weighted by atomic mass is 32.1. The fourth-order valence-electron chi connectivity index (χ4n) is 2.82. The van der Waals surface area contributed by atoms with Crippen molar-refractivity contribution < 1.29 is 37.0 Å². The summed E-state index contributed by atoms with van der Waals surface area (Å²) >= 11 is 1.12. The summed E-state index contributed by atoms with van der Waals surface area (Å²) < 4.78 is 48.7. The number of halogens is 3. The predicted molar refractivity (Wildman–Crippen MR) is 114 cm³/mol. The van der Waals surface area contributed by atoms with E-state index in [4.69, 9.17) is 9.47 Å². The van der Waals surface area contributed by atoms with E-state index in [-0.39, 0.29) is 23.1 Å². The topological polar surface area (TPSA) is 104 Å². The van der Waals surface area contributed by atoms with Crippen LogP contribution in [0.5, 0.6) is 0 Å². The number of amides is 1. The molecule has 8 nitrogen and oxygen atoms in total. The molecule has 0 atom stereocenters. The third kappa shape index (κ3) is 7.45. The number of anilines is 1. The van der Waals surface area contributed by atoms with Crippen LogP contribution in [0.1, 0.15) is 42.3 Å². The Morgan fingerprint density at radius 3 is 2.48 bits per heavy atom. The largest absolute Gasteiger partial charge is 0.462 e. The van der Waals surface area contributed by atoms with E-state index < -0.39 is 48.3 Å². The van der Waals surface area contributed by atoms with Gasteiger partial charge in [-0.05, 0) is 36.3 Å². The third-order valence-corrected chi connectivity index (χ3v) is 5.15. The number of rotatable bonds is 9. The van der Waals surface area contributed by atoms with Crippen molar-refractivity contribution in [2.24, 2.45) is 5.92 Å². The lowest BCUT2D eigenvalue weighted by Gasteiger charge is -2.11. The number of hydrogen-bond acceptors (Lipinski definition) is 7. The summed E-state index contributed by atoms with van der Waals surface area (Å²) in [5, 5.41) is 4.45. The summed E-state index contributed by atoms with van der Waals surface area (Å²) in [6.45, 7) is 4.18. The molecule has 0 aliphatic heterocycles. The standard InChI is InChI=1S/C21H23F3N2O6S/c1-4-31-20(30)18-13(7-12(2)3)11-33-19(18)25-15(27)10-32-17(29)9-26-8-14(21(22,23)24)5-6-16(26)28/h5-6,8,11-12H,4,7,9-10H2,1-3H3,(H,25,27). The first-order chi connectivity index (χ1) is 15.4. The maximum atomic E-state index is 12.8. The number of pyridine rings is 1. The highest BCUT2D eigenvalue weighted by Crippen LogP contribution is 2.31. The molecule has 2 rings (SSSR count). The highest BCUT2D eigenvalue weighted by Gasteiger charge is 2.31. The van der Waals surface area contributed by atoms with Gasteiger partial charge >= 0.3 is 18.1 Å². The Labute approximate surface area is 191 Å². The van der Waals surface area contributed by atoms with Gasteiger partial charge in [0.25, 0.3) is 11.5 Å². The van der Waals surface area contributed by atoms with Crippen molar-refractivity contribution >= 4 is 34.2 Å². The molecule has 0 aliphatic rings. The van der Waals surface area contributed by atoms with E-state index in [1.807, 2.05) is 13.8 Å². The molecule has 1 amide bonds. The van der Waals surface area contributed by atoms with Gasteiger partial charge in [0.05, 0.1) is 17.7 Å². The van der Waals surface area contributed by atoms with E-state index in [0.717, 1.165) is 11.3 Å². The van der Waals surface area contributed by atoms with Gasteiger partial charge in [-0.15, -0.1) is 11.3 Å². The SMILES string of the molecule is CCOC(=O)c1c(CC(C)C)csc1NC(=O)COC(=O)Cn1cc(C(F)(F)F)ccc1=O. The smallest absolute Gasteiger partial charge is 0.417 e. The molecular formula is C21H23F3N2O6S. The van der Waals surface area contributed by atoms with Crippen LogP contribution in [-0.4, -0.2) is 35.6 Å². The molecule has 2 aromatic rings. The van der Waals surface area contributed by atoms with Crippen LogP contribution in [0.25, 0.3) is 0 Å². The predicted octanol–water partition coefficient (Wildman–Crippen LogP) is 3.49. The number of nitrogens with zero attached hydrogens (tertiary/aromatic N) is 1. The van der Waals surface area contributed by atoms with Crippen LogP contribution in [-0.2, 0) is 38.2 Å². The van der Waals surface area contributed by atoms with Gasteiger partial charge in [-0.2, -0.15) is 13.2 Å². The molecular weight excluding hydrogens is 465 g/mol. The van der Waals surface area contributed by atoms with Crippen molar-refractivity contribution in [2.45, 2.75) is 39.9 Å². The van der Waals surface area contributed by atoms with E-state index in [0.29, 0.717) is 34.9 Å². The lowest BCUT2D eigenvalue weighted by atomic mass is 10.0. The number of nitrogens with one attached hydrogen (secondary N) is 1. The van der Waals surface area contributed by atoms with Crippen LogP contribution in [0.2, 0.25) is 0 Å². The minimum atomic E-state index is -4.69. The number of carbonyl (C=O) groups excluding carboxylic acids is 3. The minimum Gasteiger partial charge on any atom is -0.462 e. The van der Waals surface area contributed by atoms with Crippen LogP contribution >= 0.6 is 11.3 Å². The second-order valence-electron chi connectivity index (χ2n) is 7.37. The van der Waals surface area contributed by atoms with Gasteiger partial charge in [0.1, 0.15) is 11.5 Å². The summed E-state index contributed by atoms with van der Waals surface area (Å²) in [4.78, 5) is 48.2. The Kier molecular flexibility index (Phi) is 8.80. The second-order valence-corrected chi connectivity index (χ2v) is 8.25. The number of carbonyl (C=O) groups is 3. The zero-order valence-corrected chi connectivity index (χ0v) is 19.0. The number of ether oxygens (including phenoxy) is 2. The normalized spacial score (nSPS) is 11.4. The van der Waals surface area contributed by atoms with Crippen LogP contribution in [0, 0.1) is 5.92 Å². The Balaban J connectivity index is 2.03. The lowest BCUT2D eigenvalue weighted by molar-refractivity contribution is -0.148. The van der Waals surface area contributed by atoms with Crippen LogP contribution < -0.4 is 10.9 Å². The maximum absolute atomic E-state index is 12.8. The number of thiophene rings is 1. The molecule has 33 heavy (non-hydrogen) atoms. The molecule has 0 aliphatic carbocycles. The van der Waals surface area contributed by atoms with Crippen molar-refractivity contribution in [3.05, 3.63) is 50.8 Å². The molecule has 12 heteroatoms. The van der Waals surface area contributed by atoms with Crippen molar-refractivity contribution in [1.29, 1.82) is 0 Å². The van der Waals surface area contributed by atoms with E-state index in [1.165, 1.54) is 0 Å². The van der Waals surface area contributed by atoms with Gasteiger partial charge in [-0.1, -0.05) is 13.8 Å². The molecule has 0 spiro atoms. The summed E-state index contributed by atoms with van der Waals surface area (Å²) in [6.07, 6.45) is -3.61. The van der Waals surface area contributed by atoms with Crippen molar-refractivity contribution in [2.75, 3.05) is 18.5 Å². The summed E-state index contributed by atoms with van der Waals surface area (Å²) in [6, 6.07) is 1.29. The van der Waals surface area contributed by atoms with Gasteiger partial charge in [0.15, 0.2) is 6.61 Å². The van der Waals surface area contributed by atoms with Gasteiger partial charge in [-0.25, -0.2) is 4.79 Å². The Morgan fingerprint density at radius 1 is 1.18 bits per heavy atom. The van der Waals surface area contributed by atoms with Crippen molar-refractivity contribution in [3.8, 4) is 0 Å². The van der Waals surface area contributed by atoms with E-state index in [2.05, 4.69) is 5.32 Å². The molecule has 2 heterocycles. The number of alkyl halides is 3. The molecule has 2 aromatic heterocycles. The molecule has 0 saturated heterocycles. The monoisotopic (exact) mass is 488 g/mol. The van der Waals surface area contributed by atoms with E-state index in [1.54, 1.807) is 12.3 Å². The lowest BCUT2D eigenvalue weighted by Crippen LogP contribution is -2.28. The molecule has 1 N–H and O–H groups in total. The molecule has 0 aromatic carbocycles. The zero-order chi connectivity index (χ0) is 24.8. The van der Waals surface area contributed by atoms with Crippen molar-refractivity contribution in [1.82, 2.24) is 4.57 Å². The van der Waals surface area contributed by atoms with E-state index >= 15 is 0 Å². The van der Waals surface area contributed by atoms with Gasteiger partial charge < -0.3 is 19.4 Å². The molecule has 0 unspecified atom stereocenters. The first-order valence-corrected chi connectivity index (χ1v) is 10.8. The van der Waals surface area contributed by atoms with Crippen molar-refractivity contribution in [3.63, 3.8) is 0 Å². The molecule has 0 saturated carbocycles. The highest BCUT2D eigenvalue weighted by molar-refractivity contribution is 7.15. The van der Waals surface area contributed by atoms with Crippen LogP contribution in [0.4, 0.5) is 18.2 Å². The summed E-state index contributed by atoms with van der Waals surface area (Å²) in [5.74, 6) is -2.19.